The van der Waals surface area contributed by atoms with Gasteiger partial charge in [-0.05, 0) is 30.4 Å². The lowest BCUT2D eigenvalue weighted by atomic mass is 9.91. The molecule has 2 atom stereocenters. The first kappa shape index (κ1) is 14.0. The Labute approximate surface area is 115 Å². The molecule has 0 saturated carbocycles. The van der Waals surface area contributed by atoms with Crippen LogP contribution in [0.5, 0.6) is 0 Å². The summed E-state index contributed by atoms with van der Waals surface area (Å²) in [6.07, 6.45) is 5.91. The Morgan fingerprint density at radius 3 is 2.95 bits per heavy atom. The molecule has 1 saturated heterocycles. The minimum absolute atomic E-state index is 0.00839. The Hall–Kier alpha value is -1.42. The summed E-state index contributed by atoms with van der Waals surface area (Å²) in [5.41, 5.74) is 7.30. The third kappa shape index (κ3) is 3.32. The van der Waals surface area contributed by atoms with E-state index >= 15 is 0 Å². The van der Waals surface area contributed by atoms with Crippen LogP contribution in [0.25, 0.3) is 0 Å². The van der Waals surface area contributed by atoms with Gasteiger partial charge in [0.05, 0.1) is 6.04 Å². The van der Waals surface area contributed by atoms with Crippen molar-refractivity contribution >= 4 is 5.91 Å². The second kappa shape index (κ2) is 6.15. The van der Waals surface area contributed by atoms with E-state index in [1.165, 1.54) is 0 Å². The molecule has 4 heteroatoms. The Morgan fingerprint density at radius 2 is 2.32 bits per heavy atom. The lowest BCUT2D eigenvalue weighted by molar-refractivity contribution is -0.137. The average molecular weight is 261 g/mol. The number of nitrogens with two attached hydrogens (primary N) is 1. The molecule has 1 aromatic rings. The largest absolute Gasteiger partial charge is 0.334 e. The zero-order valence-corrected chi connectivity index (χ0v) is 11.7. The Balaban J connectivity index is 2.21. The maximum atomic E-state index is 12.2. The van der Waals surface area contributed by atoms with E-state index in [1.807, 2.05) is 23.2 Å². The lowest BCUT2D eigenvalue weighted by Gasteiger charge is -2.40. The molecule has 1 aliphatic heterocycles. The van der Waals surface area contributed by atoms with Crippen molar-refractivity contribution in [3.05, 3.63) is 30.1 Å². The van der Waals surface area contributed by atoms with E-state index in [0.717, 1.165) is 24.9 Å². The molecule has 104 valence electrons. The van der Waals surface area contributed by atoms with Gasteiger partial charge in [0.2, 0.25) is 5.91 Å². The molecule has 2 heterocycles. The van der Waals surface area contributed by atoms with Crippen molar-refractivity contribution in [3.63, 3.8) is 0 Å². The van der Waals surface area contributed by atoms with Crippen LogP contribution in [0.1, 0.15) is 44.7 Å². The molecule has 0 spiro atoms. The van der Waals surface area contributed by atoms with E-state index in [0.29, 0.717) is 12.3 Å². The molecular weight excluding hydrogens is 238 g/mol. The van der Waals surface area contributed by atoms with Gasteiger partial charge in [0, 0.05) is 31.4 Å². The minimum atomic E-state index is -0.0197. The molecule has 4 nitrogen and oxygen atoms in total. The van der Waals surface area contributed by atoms with Crippen molar-refractivity contribution < 1.29 is 4.79 Å². The van der Waals surface area contributed by atoms with Crippen LogP contribution in [-0.2, 0) is 4.79 Å². The third-order valence-electron chi connectivity index (χ3n) is 3.73. The molecule has 2 rings (SSSR count). The van der Waals surface area contributed by atoms with Gasteiger partial charge in [-0.25, -0.2) is 0 Å². The van der Waals surface area contributed by atoms with Crippen molar-refractivity contribution in [3.8, 4) is 0 Å². The molecule has 1 aromatic heterocycles. The molecular formula is C15H23N3O. The highest BCUT2D eigenvalue weighted by Gasteiger charge is 2.34. The standard InChI is InChI=1S/C15H23N3O/c1-11(2)7-9-18-14(19)6-5-13(16)15(18)12-4-3-8-17-10-12/h3-4,8,10-11,13,15H,5-7,9,16H2,1-2H3. The molecule has 0 aliphatic carbocycles. The first-order valence-electron chi connectivity index (χ1n) is 7.04. The average Bonchev–Trinajstić information content (AvgIpc) is 2.40. The van der Waals surface area contributed by atoms with Gasteiger partial charge in [-0.15, -0.1) is 0 Å². The predicted molar refractivity (Wildman–Crippen MR) is 75.4 cm³/mol. The molecule has 19 heavy (non-hydrogen) atoms. The number of nitrogens with zero attached hydrogens (tertiary/aromatic N) is 2. The number of carbonyl (C=O) groups is 1. The van der Waals surface area contributed by atoms with E-state index < -0.39 is 0 Å². The summed E-state index contributed by atoms with van der Waals surface area (Å²) in [4.78, 5) is 18.3. The molecule has 2 unspecified atom stereocenters. The molecule has 1 aliphatic rings. The number of aromatic nitrogens is 1. The SMILES string of the molecule is CC(C)CCN1C(=O)CCC(N)C1c1cccnc1. The van der Waals surface area contributed by atoms with Crippen LogP contribution in [0.3, 0.4) is 0 Å². The highest BCUT2D eigenvalue weighted by atomic mass is 16.2. The van der Waals surface area contributed by atoms with E-state index in [9.17, 15) is 4.79 Å². The van der Waals surface area contributed by atoms with E-state index in [1.54, 1.807) is 6.20 Å². The number of hydrogen-bond donors (Lipinski definition) is 1. The summed E-state index contributed by atoms with van der Waals surface area (Å²) < 4.78 is 0. The Morgan fingerprint density at radius 1 is 1.53 bits per heavy atom. The van der Waals surface area contributed by atoms with E-state index in [2.05, 4.69) is 18.8 Å². The number of rotatable bonds is 4. The van der Waals surface area contributed by atoms with Crippen molar-refractivity contribution in [2.75, 3.05) is 6.54 Å². The summed E-state index contributed by atoms with van der Waals surface area (Å²) >= 11 is 0. The van der Waals surface area contributed by atoms with Gasteiger partial charge < -0.3 is 10.6 Å². The number of hydrogen-bond acceptors (Lipinski definition) is 3. The number of piperidine rings is 1. The van der Waals surface area contributed by atoms with Gasteiger partial charge in [0.25, 0.3) is 0 Å². The molecule has 0 bridgehead atoms. The maximum absolute atomic E-state index is 12.2. The molecule has 0 radical (unpaired) electrons. The first-order valence-corrected chi connectivity index (χ1v) is 7.04. The van der Waals surface area contributed by atoms with Gasteiger partial charge in [0.15, 0.2) is 0 Å². The first-order chi connectivity index (χ1) is 9.09. The summed E-state index contributed by atoms with van der Waals surface area (Å²) in [5.74, 6) is 0.803. The fourth-order valence-electron chi connectivity index (χ4n) is 2.62. The van der Waals surface area contributed by atoms with Gasteiger partial charge in [0.1, 0.15) is 0 Å². The summed E-state index contributed by atoms with van der Waals surface area (Å²) in [5, 5.41) is 0. The second-order valence-corrected chi connectivity index (χ2v) is 5.70. The van der Waals surface area contributed by atoms with Crippen LogP contribution in [-0.4, -0.2) is 28.4 Å². The molecule has 1 fully saturated rings. The van der Waals surface area contributed by atoms with Gasteiger partial charge in [-0.3, -0.25) is 9.78 Å². The summed E-state index contributed by atoms with van der Waals surface area (Å²) in [6.45, 7) is 5.13. The fraction of sp³-hybridized carbons (Fsp3) is 0.600. The number of pyridine rings is 1. The quantitative estimate of drug-likeness (QED) is 0.903. The van der Waals surface area contributed by atoms with Gasteiger partial charge >= 0.3 is 0 Å². The van der Waals surface area contributed by atoms with Crippen molar-refractivity contribution in [1.29, 1.82) is 0 Å². The van der Waals surface area contributed by atoms with Gasteiger partial charge in [-0.1, -0.05) is 19.9 Å². The monoisotopic (exact) mass is 261 g/mol. The summed E-state index contributed by atoms with van der Waals surface area (Å²) in [6, 6.07) is 3.91. The smallest absolute Gasteiger partial charge is 0.223 e. The van der Waals surface area contributed by atoms with Crippen molar-refractivity contribution in [2.24, 2.45) is 11.7 Å². The molecule has 1 amide bonds. The number of carbonyl (C=O) groups excluding carboxylic acids is 1. The number of amides is 1. The number of likely N-dealkylation sites (tertiary alicyclic amines) is 1. The highest BCUT2D eigenvalue weighted by molar-refractivity contribution is 5.77. The Kier molecular flexibility index (Phi) is 4.53. The van der Waals surface area contributed by atoms with Crippen LogP contribution in [0.15, 0.2) is 24.5 Å². The Bertz CT molecular complexity index is 419. The van der Waals surface area contributed by atoms with E-state index in [-0.39, 0.29) is 18.0 Å². The van der Waals surface area contributed by atoms with E-state index in [4.69, 9.17) is 5.73 Å². The zero-order chi connectivity index (χ0) is 13.8. The van der Waals surface area contributed by atoms with Crippen LogP contribution in [0, 0.1) is 5.92 Å². The van der Waals surface area contributed by atoms with Crippen molar-refractivity contribution in [1.82, 2.24) is 9.88 Å². The zero-order valence-electron chi connectivity index (χ0n) is 11.7. The second-order valence-electron chi connectivity index (χ2n) is 5.70. The van der Waals surface area contributed by atoms with Gasteiger partial charge in [-0.2, -0.15) is 0 Å². The normalized spacial score (nSPS) is 24.0. The topological polar surface area (TPSA) is 59.2 Å². The fourth-order valence-corrected chi connectivity index (χ4v) is 2.62. The lowest BCUT2D eigenvalue weighted by Crippen LogP contribution is -2.49. The minimum Gasteiger partial charge on any atom is -0.334 e. The van der Waals surface area contributed by atoms with Crippen LogP contribution in [0.4, 0.5) is 0 Å². The molecule has 2 N–H and O–H groups in total. The predicted octanol–water partition coefficient (Wildman–Crippen LogP) is 2.12. The van der Waals surface area contributed by atoms with Crippen molar-refractivity contribution in [2.45, 2.75) is 45.2 Å². The highest BCUT2D eigenvalue weighted by Crippen LogP contribution is 2.30. The third-order valence-corrected chi connectivity index (χ3v) is 3.73. The maximum Gasteiger partial charge on any atom is 0.223 e. The van der Waals surface area contributed by atoms with Crippen LogP contribution >= 0.6 is 0 Å². The molecule has 0 aromatic carbocycles. The van der Waals surface area contributed by atoms with Crippen LogP contribution in [0.2, 0.25) is 0 Å². The summed E-state index contributed by atoms with van der Waals surface area (Å²) in [7, 11) is 0. The van der Waals surface area contributed by atoms with Crippen LogP contribution < -0.4 is 5.73 Å².